The Morgan fingerprint density at radius 1 is 1.17 bits per heavy atom. The maximum atomic E-state index is 12.4. The Balaban J connectivity index is 2.06. The fraction of sp³-hybridized carbons (Fsp3) is 0.318. The van der Waals surface area contributed by atoms with Gasteiger partial charge >= 0.3 is 6.92 Å². The summed E-state index contributed by atoms with van der Waals surface area (Å²) in [6.45, 7) is 7.20. The Morgan fingerprint density at radius 3 is 2.62 bits per heavy atom. The molecule has 0 unspecified atom stereocenters. The molecule has 0 aliphatic carbocycles. The van der Waals surface area contributed by atoms with Crippen LogP contribution in [-0.4, -0.2) is 28.0 Å². The van der Waals surface area contributed by atoms with Crippen LogP contribution in [0.1, 0.15) is 32.4 Å². The summed E-state index contributed by atoms with van der Waals surface area (Å²) in [6.07, 6.45) is 1.30. The molecule has 0 saturated heterocycles. The van der Waals surface area contributed by atoms with Crippen molar-refractivity contribution in [2.45, 2.75) is 40.4 Å². The number of anilines is 2. The summed E-state index contributed by atoms with van der Waals surface area (Å²) in [6, 6.07) is 11.5. The van der Waals surface area contributed by atoms with Crippen molar-refractivity contribution in [2.24, 2.45) is 5.92 Å². The van der Waals surface area contributed by atoms with Crippen LogP contribution in [0.2, 0.25) is 6.82 Å². The molecule has 0 spiro atoms. The average molecular weight is 390 g/mol. The first-order chi connectivity index (χ1) is 13.8. The van der Waals surface area contributed by atoms with E-state index in [9.17, 15) is 9.82 Å². The number of nitrogens with two attached hydrogens (primary N) is 1. The van der Waals surface area contributed by atoms with Gasteiger partial charge in [-0.3, -0.25) is 4.79 Å². The highest BCUT2D eigenvalue weighted by molar-refractivity contribution is 6.64. The molecule has 1 aromatic heterocycles. The standard InChI is InChI=1S/C22H27BN4O2/c1-13(2)5-10-21(28)25-20-9-7-16(23(4)29)12-19(20)15-6-8-17-18(11-15)14(3)26-27-22(17)24/h6-9,11-13,29H,5,10H2,1-4H3,(H2,24,27)(H,25,28). The van der Waals surface area contributed by atoms with E-state index >= 15 is 0 Å². The van der Waals surface area contributed by atoms with Crippen LogP contribution < -0.4 is 16.5 Å². The molecule has 0 aliphatic heterocycles. The number of carbonyl (C=O) groups is 1. The molecule has 7 heteroatoms. The van der Waals surface area contributed by atoms with Gasteiger partial charge in [0.1, 0.15) is 0 Å². The van der Waals surface area contributed by atoms with Crippen molar-refractivity contribution >= 4 is 40.6 Å². The summed E-state index contributed by atoms with van der Waals surface area (Å²) in [7, 11) is 0. The van der Waals surface area contributed by atoms with Crippen molar-refractivity contribution in [3.63, 3.8) is 0 Å². The molecule has 0 bridgehead atoms. The summed E-state index contributed by atoms with van der Waals surface area (Å²) in [5, 5.41) is 22.9. The summed E-state index contributed by atoms with van der Waals surface area (Å²) in [5.74, 6) is 0.835. The SMILES string of the molecule is CB(O)c1ccc(NC(=O)CCC(C)C)c(-c2ccc3c(N)nnc(C)c3c2)c1. The monoisotopic (exact) mass is 390 g/mol. The van der Waals surface area contributed by atoms with Crippen LogP contribution in [0.3, 0.4) is 0 Å². The predicted octanol–water partition coefficient (Wildman–Crippen LogP) is 3.38. The van der Waals surface area contributed by atoms with E-state index in [4.69, 9.17) is 5.73 Å². The minimum absolute atomic E-state index is 0.0168. The Hall–Kier alpha value is -2.93. The third kappa shape index (κ3) is 4.74. The molecule has 0 fully saturated rings. The van der Waals surface area contributed by atoms with Crippen LogP contribution in [0.4, 0.5) is 11.5 Å². The van der Waals surface area contributed by atoms with E-state index in [0.29, 0.717) is 18.2 Å². The minimum atomic E-state index is -0.608. The van der Waals surface area contributed by atoms with Gasteiger partial charge in [-0.2, -0.15) is 5.10 Å². The number of aryl methyl sites for hydroxylation is 1. The number of nitrogen functional groups attached to an aromatic ring is 1. The van der Waals surface area contributed by atoms with Gasteiger partial charge in [0.15, 0.2) is 5.82 Å². The topological polar surface area (TPSA) is 101 Å². The Labute approximate surface area is 171 Å². The Morgan fingerprint density at radius 2 is 1.93 bits per heavy atom. The molecule has 4 N–H and O–H groups in total. The summed E-state index contributed by atoms with van der Waals surface area (Å²) < 4.78 is 0. The van der Waals surface area contributed by atoms with Crippen molar-refractivity contribution in [2.75, 3.05) is 11.1 Å². The molecular weight excluding hydrogens is 363 g/mol. The molecular formula is C22H27BN4O2. The smallest absolute Gasteiger partial charge is 0.320 e. The number of fused-ring (bicyclic) bond motifs is 1. The molecule has 6 nitrogen and oxygen atoms in total. The van der Waals surface area contributed by atoms with Gasteiger partial charge < -0.3 is 16.1 Å². The van der Waals surface area contributed by atoms with Crippen LogP contribution in [-0.2, 0) is 4.79 Å². The van der Waals surface area contributed by atoms with E-state index in [1.54, 1.807) is 6.82 Å². The van der Waals surface area contributed by atoms with Gasteiger partial charge in [-0.15, -0.1) is 5.10 Å². The van der Waals surface area contributed by atoms with Crippen LogP contribution in [0.25, 0.3) is 21.9 Å². The maximum absolute atomic E-state index is 12.4. The first-order valence-corrected chi connectivity index (χ1v) is 9.91. The lowest BCUT2D eigenvalue weighted by Gasteiger charge is -2.15. The molecule has 0 radical (unpaired) electrons. The number of hydrogen-bond acceptors (Lipinski definition) is 5. The molecule has 0 atom stereocenters. The van der Waals surface area contributed by atoms with E-state index in [0.717, 1.165) is 45.2 Å². The first-order valence-electron chi connectivity index (χ1n) is 9.91. The highest BCUT2D eigenvalue weighted by Gasteiger charge is 2.15. The summed E-state index contributed by atoms with van der Waals surface area (Å²) >= 11 is 0. The van der Waals surface area contributed by atoms with Crippen molar-refractivity contribution in [3.05, 3.63) is 42.1 Å². The number of carbonyl (C=O) groups excluding carboxylic acids is 1. The Bertz CT molecular complexity index is 1050. The largest absolute Gasteiger partial charge is 0.447 e. The molecule has 0 aliphatic rings. The fourth-order valence-electron chi connectivity index (χ4n) is 3.27. The number of amides is 1. The average Bonchev–Trinajstić information content (AvgIpc) is 2.69. The highest BCUT2D eigenvalue weighted by Crippen LogP contribution is 2.32. The van der Waals surface area contributed by atoms with Gasteiger partial charge in [0.05, 0.1) is 5.69 Å². The van der Waals surface area contributed by atoms with Gasteiger partial charge in [-0.25, -0.2) is 0 Å². The van der Waals surface area contributed by atoms with Gasteiger partial charge in [0.2, 0.25) is 5.91 Å². The van der Waals surface area contributed by atoms with Crippen molar-refractivity contribution in [3.8, 4) is 11.1 Å². The third-order valence-corrected chi connectivity index (χ3v) is 5.05. The van der Waals surface area contributed by atoms with Crippen molar-refractivity contribution < 1.29 is 9.82 Å². The predicted molar refractivity (Wildman–Crippen MR) is 120 cm³/mol. The maximum Gasteiger partial charge on any atom is 0.320 e. The third-order valence-electron chi connectivity index (χ3n) is 5.05. The van der Waals surface area contributed by atoms with Crippen LogP contribution >= 0.6 is 0 Å². The fourth-order valence-corrected chi connectivity index (χ4v) is 3.27. The van der Waals surface area contributed by atoms with Crippen molar-refractivity contribution in [1.29, 1.82) is 0 Å². The van der Waals surface area contributed by atoms with E-state index in [-0.39, 0.29) is 5.91 Å². The first kappa shape index (κ1) is 20.8. The highest BCUT2D eigenvalue weighted by atomic mass is 16.2. The van der Waals surface area contributed by atoms with E-state index in [1.165, 1.54) is 0 Å². The van der Waals surface area contributed by atoms with Gasteiger partial charge in [-0.05, 0) is 48.5 Å². The molecule has 3 rings (SSSR count). The molecule has 1 amide bonds. The molecule has 2 aromatic carbocycles. The zero-order valence-electron chi connectivity index (χ0n) is 17.4. The zero-order valence-corrected chi connectivity index (χ0v) is 17.4. The minimum Gasteiger partial charge on any atom is -0.447 e. The number of nitrogens with zero attached hydrogens (tertiary/aromatic N) is 2. The zero-order chi connectivity index (χ0) is 21.1. The van der Waals surface area contributed by atoms with Gasteiger partial charge in [0, 0.05) is 28.4 Å². The van der Waals surface area contributed by atoms with E-state index < -0.39 is 6.92 Å². The lowest BCUT2D eigenvalue weighted by atomic mass is 9.64. The van der Waals surface area contributed by atoms with Gasteiger partial charge in [0.25, 0.3) is 0 Å². The lowest BCUT2D eigenvalue weighted by molar-refractivity contribution is -0.116. The number of nitrogens with one attached hydrogen (secondary N) is 1. The van der Waals surface area contributed by atoms with Crippen LogP contribution in [0.5, 0.6) is 0 Å². The molecule has 0 saturated carbocycles. The molecule has 150 valence electrons. The number of hydrogen-bond donors (Lipinski definition) is 3. The molecule has 3 aromatic rings. The Kier molecular flexibility index (Phi) is 6.18. The van der Waals surface area contributed by atoms with Crippen LogP contribution in [0, 0.1) is 12.8 Å². The normalized spacial score (nSPS) is 11.1. The second-order valence-electron chi connectivity index (χ2n) is 7.89. The summed E-state index contributed by atoms with van der Waals surface area (Å²) in [4.78, 5) is 12.4. The van der Waals surface area contributed by atoms with Gasteiger partial charge in [-0.1, -0.05) is 38.9 Å². The number of rotatable bonds is 6. The lowest BCUT2D eigenvalue weighted by Crippen LogP contribution is -2.26. The summed E-state index contributed by atoms with van der Waals surface area (Å²) in [5.41, 5.74) is 10.0. The second kappa shape index (κ2) is 8.61. The quantitative estimate of drug-likeness (QED) is 0.560. The molecule has 29 heavy (non-hydrogen) atoms. The van der Waals surface area contributed by atoms with Crippen molar-refractivity contribution in [1.82, 2.24) is 10.2 Å². The van der Waals surface area contributed by atoms with Crippen LogP contribution in [0.15, 0.2) is 36.4 Å². The van der Waals surface area contributed by atoms with E-state index in [1.807, 2.05) is 43.3 Å². The second-order valence-corrected chi connectivity index (χ2v) is 7.89. The number of aromatic nitrogens is 2. The number of benzene rings is 2. The molecule has 1 heterocycles. The van der Waals surface area contributed by atoms with E-state index in [2.05, 4.69) is 29.4 Å².